The third kappa shape index (κ3) is 4.88. The molecule has 1 aromatic heterocycles. The summed E-state index contributed by atoms with van der Waals surface area (Å²) >= 11 is 1.28. The number of carbonyl (C=O) groups is 2. The first-order chi connectivity index (χ1) is 10.1. The molecule has 0 saturated heterocycles. The second-order valence-corrected chi connectivity index (χ2v) is 5.15. The van der Waals surface area contributed by atoms with E-state index in [4.69, 9.17) is 10.2 Å². The van der Waals surface area contributed by atoms with Crippen LogP contribution in [0.5, 0.6) is 0 Å². The predicted octanol–water partition coefficient (Wildman–Crippen LogP) is 1.98. The number of furan rings is 1. The topological polar surface area (TPSA) is 97.4 Å². The molecular formula is C14H15N3O3S. The maximum Gasteiger partial charge on any atom is 0.321 e. The smallest absolute Gasteiger partial charge is 0.321 e. The molecule has 1 aromatic carbocycles. The summed E-state index contributed by atoms with van der Waals surface area (Å²) in [5.74, 6) is 0.340. The van der Waals surface area contributed by atoms with Crippen LogP contribution in [0.3, 0.4) is 0 Å². The molecule has 0 aliphatic heterocycles. The lowest BCUT2D eigenvalue weighted by Crippen LogP contribution is -2.39. The number of imide groups is 1. The zero-order valence-corrected chi connectivity index (χ0v) is 12.0. The number of anilines is 1. The van der Waals surface area contributed by atoms with E-state index in [1.807, 2.05) is 18.2 Å². The molecule has 0 saturated carbocycles. The number of nitrogens with one attached hydrogen (secondary N) is 2. The summed E-state index contributed by atoms with van der Waals surface area (Å²) in [5, 5.41) is 4.77. The van der Waals surface area contributed by atoms with Crippen LogP contribution < -0.4 is 16.4 Å². The summed E-state index contributed by atoms with van der Waals surface area (Å²) in [4.78, 5) is 24.0. The highest BCUT2D eigenvalue weighted by atomic mass is 32.2. The fourth-order valence-corrected chi connectivity index (χ4v) is 2.31. The van der Waals surface area contributed by atoms with E-state index in [9.17, 15) is 9.59 Å². The van der Waals surface area contributed by atoms with Gasteiger partial charge in [0, 0.05) is 10.6 Å². The first-order valence-corrected chi connectivity index (χ1v) is 7.21. The van der Waals surface area contributed by atoms with Crippen LogP contribution in [0.25, 0.3) is 0 Å². The monoisotopic (exact) mass is 305 g/mol. The number of para-hydroxylation sites is 1. The summed E-state index contributed by atoms with van der Waals surface area (Å²) in [6, 6.07) is 10.1. The van der Waals surface area contributed by atoms with Crippen LogP contribution in [0.1, 0.15) is 5.76 Å². The SMILES string of the molecule is Nc1ccccc1SCC(=O)NC(=O)NCc1ccco1. The van der Waals surface area contributed by atoms with Gasteiger partial charge in [-0.25, -0.2) is 4.79 Å². The van der Waals surface area contributed by atoms with Gasteiger partial charge in [0.15, 0.2) is 0 Å². The number of carbonyl (C=O) groups excluding carboxylic acids is 2. The summed E-state index contributed by atoms with van der Waals surface area (Å²) < 4.78 is 5.06. The largest absolute Gasteiger partial charge is 0.467 e. The van der Waals surface area contributed by atoms with Gasteiger partial charge in [-0.05, 0) is 24.3 Å². The van der Waals surface area contributed by atoms with Gasteiger partial charge in [0.1, 0.15) is 5.76 Å². The van der Waals surface area contributed by atoms with E-state index >= 15 is 0 Å². The minimum atomic E-state index is -0.557. The molecule has 0 unspecified atom stereocenters. The van der Waals surface area contributed by atoms with Crippen LogP contribution in [0.4, 0.5) is 10.5 Å². The number of hydrogen-bond donors (Lipinski definition) is 3. The van der Waals surface area contributed by atoms with Gasteiger partial charge in [-0.15, -0.1) is 11.8 Å². The molecule has 2 aromatic rings. The number of thioether (sulfide) groups is 1. The second-order valence-electron chi connectivity index (χ2n) is 4.14. The molecule has 0 bridgehead atoms. The van der Waals surface area contributed by atoms with Crippen molar-refractivity contribution >= 4 is 29.4 Å². The molecule has 0 atom stereocenters. The Hall–Kier alpha value is -2.41. The Morgan fingerprint density at radius 1 is 1.19 bits per heavy atom. The molecule has 7 heteroatoms. The average molecular weight is 305 g/mol. The highest BCUT2D eigenvalue weighted by Gasteiger charge is 2.09. The van der Waals surface area contributed by atoms with Crippen molar-refractivity contribution in [3.63, 3.8) is 0 Å². The van der Waals surface area contributed by atoms with E-state index in [2.05, 4.69) is 10.6 Å². The van der Waals surface area contributed by atoms with Crippen molar-refractivity contribution in [2.24, 2.45) is 0 Å². The Morgan fingerprint density at radius 3 is 2.71 bits per heavy atom. The van der Waals surface area contributed by atoms with Gasteiger partial charge in [0.25, 0.3) is 0 Å². The molecule has 0 aliphatic rings. The number of nitrogens with two attached hydrogens (primary N) is 1. The van der Waals surface area contributed by atoms with E-state index in [1.54, 1.807) is 18.2 Å². The van der Waals surface area contributed by atoms with E-state index in [-0.39, 0.29) is 18.2 Å². The number of hydrogen-bond acceptors (Lipinski definition) is 5. The molecule has 6 nitrogen and oxygen atoms in total. The number of amides is 3. The molecule has 1 heterocycles. The van der Waals surface area contributed by atoms with Crippen molar-refractivity contribution in [1.29, 1.82) is 0 Å². The Balaban J connectivity index is 1.71. The van der Waals surface area contributed by atoms with E-state index in [1.165, 1.54) is 18.0 Å². The van der Waals surface area contributed by atoms with Gasteiger partial charge in [0.2, 0.25) is 5.91 Å². The van der Waals surface area contributed by atoms with Crippen LogP contribution >= 0.6 is 11.8 Å². The van der Waals surface area contributed by atoms with Crippen LogP contribution in [0.15, 0.2) is 52.0 Å². The van der Waals surface area contributed by atoms with Crippen LogP contribution in [0, 0.1) is 0 Å². The molecule has 0 fully saturated rings. The highest BCUT2D eigenvalue weighted by molar-refractivity contribution is 8.00. The molecule has 4 N–H and O–H groups in total. The molecule has 0 radical (unpaired) electrons. The maximum atomic E-state index is 11.6. The lowest BCUT2D eigenvalue weighted by atomic mass is 10.3. The number of urea groups is 1. The maximum absolute atomic E-state index is 11.6. The average Bonchev–Trinajstić information content (AvgIpc) is 2.97. The van der Waals surface area contributed by atoms with Crippen molar-refractivity contribution in [2.45, 2.75) is 11.4 Å². The Bertz CT molecular complexity index is 614. The van der Waals surface area contributed by atoms with E-state index in [0.29, 0.717) is 11.4 Å². The molecule has 21 heavy (non-hydrogen) atoms. The van der Waals surface area contributed by atoms with Crippen LogP contribution in [-0.2, 0) is 11.3 Å². The van der Waals surface area contributed by atoms with Crippen LogP contribution in [0.2, 0.25) is 0 Å². The summed E-state index contributed by atoms with van der Waals surface area (Å²) in [6.45, 7) is 0.227. The molecule has 110 valence electrons. The van der Waals surface area contributed by atoms with Gasteiger partial charge in [0.05, 0.1) is 18.6 Å². The van der Waals surface area contributed by atoms with Crippen molar-refractivity contribution in [3.8, 4) is 0 Å². The van der Waals surface area contributed by atoms with Crippen molar-refractivity contribution in [1.82, 2.24) is 10.6 Å². The standard InChI is InChI=1S/C14H15N3O3S/c15-11-5-1-2-6-12(11)21-9-13(18)17-14(19)16-8-10-4-3-7-20-10/h1-7H,8-9,15H2,(H2,16,17,18,19). The van der Waals surface area contributed by atoms with Crippen molar-refractivity contribution in [3.05, 3.63) is 48.4 Å². The van der Waals surface area contributed by atoms with Gasteiger partial charge in [-0.1, -0.05) is 12.1 Å². The lowest BCUT2D eigenvalue weighted by molar-refractivity contribution is -0.117. The third-order valence-electron chi connectivity index (χ3n) is 2.53. The van der Waals surface area contributed by atoms with E-state index < -0.39 is 6.03 Å². The quantitative estimate of drug-likeness (QED) is 0.579. The molecular weight excluding hydrogens is 290 g/mol. The van der Waals surface area contributed by atoms with Gasteiger partial charge < -0.3 is 15.5 Å². The number of benzene rings is 1. The van der Waals surface area contributed by atoms with Gasteiger partial charge in [-0.3, -0.25) is 10.1 Å². The highest BCUT2D eigenvalue weighted by Crippen LogP contribution is 2.23. The first kappa shape index (κ1) is 15.0. The molecule has 0 aliphatic carbocycles. The van der Waals surface area contributed by atoms with Crippen molar-refractivity contribution < 1.29 is 14.0 Å². The second kappa shape index (κ2) is 7.39. The number of nitrogen functional groups attached to an aromatic ring is 1. The minimum Gasteiger partial charge on any atom is -0.467 e. The number of rotatable bonds is 5. The molecule has 0 spiro atoms. The third-order valence-corrected chi connectivity index (χ3v) is 3.62. The summed E-state index contributed by atoms with van der Waals surface area (Å²) in [5.41, 5.74) is 6.38. The zero-order chi connectivity index (χ0) is 15.1. The summed E-state index contributed by atoms with van der Waals surface area (Å²) in [6.07, 6.45) is 1.51. The predicted molar refractivity (Wildman–Crippen MR) is 80.7 cm³/mol. The Labute approximate surface area is 126 Å². The Morgan fingerprint density at radius 2 is 2.00 bits per heavy atom. The first-order valence-electron chi connectivity index (χ1n) is 6.22. The Kier molecular flexibility index (Phi) is 5.28. The molecule has 2 rings (SSSR count). The zero-order valence-electron chi connectivity index (χ0n) is 11.2. The van der Waals surface area contributed by atoms with Gasteiger partial charge >= 0.3 is 6.03 Å². The van der Waals surface area contributed by atoms with Crippen molar-refractivity contribution in [2.75, 3.05) is 11.5 Å². The minimum absolute atomic E-state index is 0.113. The van der Waals surface area contributed by atoms with E-state index in [0.717, 1.165) is 4.90 Å². The summed E-state index contributed by atoms with van der Waals surface area (Å²) in [7, 11) is 0. The fraction of sp³-hybridized carbons (Fsp3) is 0.143. The van der Waals surface area contributed by atoms with Crippen LogP contribution in [-0.4, -0.2) is 17.7 Å². The fourth-order valence-electron chi connectivity index (χ4n) is 1.54. The normalized spacial score (nSPS) is 10.1. The molecule has 3 amide bonds. The van der Waals surface area contributed by atoms with Gasteiger partial charge in [-0.2, -0.15) is 0 Å². The lowest BCUT2D eigenvalue weighted by Gasteiger charge is -2.06.